The van der Waals surface area contributed by atoms with Crippen LogP contribution in [0.25, 0.3) is 11.0 Å². The molecule has 0 unspecified atom stereocenters. The van der Waals surface area contributed by atoms with E-state index in [0.717, 1.165) is 31.7 Å². The van der Waals surface area contributed by atoms with E-state index in [1.54, 1.807) is 6.07 Å². The Labute approximate surface area is 162 Å². The molecule has 0 saturated carbocycles. The van der Waals surface area contributed by atoms with Crippen molar-refractivity contribution in [1.82, 2.24) is 5.32 Å². The summed E-state index contributed by atoms with van der Waals surface area (Å²) < 4.78 is 10.3. The SMILES string of the molecule is CCCC[C@@H](CC)CNC(=O)COC(=O)c1cc(=O)c2cc(Cl)ccc2o1. The van der Waals surface area contributed by atoms with Crippen LogP contribution in [0.1, 0.15) is 50.1 Å². The lowest BCUT2D eigenvalue weighted by Gasteiger charge is -2.15. The molecule has 2 aromatic rings. The first-order valence-electron chi connectivity index (χ1n) is 9.11. The van der Waals surface area contributed by atoms with Gasteiger partial charge in [0.1, 0.15) is 5.58 Å². The molecule has 1 heterocycles. The summed E-state index contributed by atoms with van der Waals surface area (Å²) in [4.78, 5) is 36.1. The van der Waals surface area contributed by atoms with Crippen LogP contribution in [0, 0.1) is 5.92 Å². The van der Waals surface area contributed by atoms with Crippen LogP contribution in [0.15, 0.2) is 33.5 Å². The average molecular weight is 394 g/mol. The Bertz CT molecular complexity index is 861. The van der Waals surface area contributed by atoms with Crippen LogP contribution in [-0.2, 0) is 9.53 Å². The van der Waals surface area contributed by atoms with Crippen molar-refractivity contribution in [1.29, 1.82) is 0 Å². The molecule has 0 spiro atoms. The van der Waals surface area contributed by atoms with Gasteiger partial charge in [0.15, 0.2) is 12.0 Å². The number of hydrogen-bond acceptors (Lipinski definition) is 5. The molecule has 1 atom stereocenters. The second-order valence-corrected chi connectivity index (χ2v) is 6.85. The number of carbonyl (C=O) groups excluding carboxylic acids is 2. The summed E-state index contributed by atoms with van der Waals surface area (Å²) >= 11 is 5.85. The maximum Gasteiger partial charge on any atom is 0.374 e. The maximum atomic E-state index is 12.1. The molecule has 1 amide bonds. The number of nitrogens with one attached hydrogen (secondary N) is 1. The van der Waals surface area contributed by atoms with Crippen LogP contribution in [-0.4, -0.2) is 25.0 Å². The summed E-state index contributed by atoms with van der Waals surface area (Å²) in [5.74, 6) is -1.09. The molecule has 6 nitrogen and oxygen atoms in total. The van der Waals surface area contributed by atoms with Crippen molar-refractivity contribution in [3.63, 3.8) is 0 Å². The molecule has 0 aliphatic carbocycles. The number of hydrogen-bond donors (Lipinski definition) is 1. The van der Waals surface area contributed by atoms with Crippen LogP contribution >= 0.6 is 11.6 Å². The topological polar surface area (TPSA) is 85.6 Å². The molecule has 146 valence electrons. The van der Waals surface area contributed by atoms with Gasteiger partial charge in [0, 0.05) is 17.6 Å². The third-order valence-corrected chi connectivity index (χ3v) is 4.59. The molecule has 0 bridgehead atoms. The summed E-state index contributed by atoms with van der Waals surface area (Å²) in [6, 6.07) is 5.56. The Balaban J connectivity index is 1.91. The minimum Gasteiger partial charge on any atom is -0.450 e. The van der Waals surface area contributed by atoms with Gasteiger partial charge in [-0.25, -0.2) is 4.79 Å². The number of ether oxygens (including phenoxy) is 1. The van der Waals surface area contributed by atoms with Crippen LogP contribution < -0.4 is 10.7 Å². The molecule has 1 aromatic carbocycles. The standard InChI is InChI=1S/C20H24ClNO5/c1-3-5-6-13(4-2)11-22-19(24)12-26-20(25)18-10-16(23)15-9-14(21)7-8-17(15)27-18/h7-10,13H,3-6,11-12H2,1-2H3,(H,22,24)/t13-/m1/s1. The second-order valence-electron chi connectivity index (χ2n) is 6.41. The molecule has 27 heavy (non-hydrogen) atoms. The van der Waals surface area contributed by atoms with Gasteiger partial charge in [-0.1, -0.05) is 44.7 Å². The van der Waals surface area contributed by atoms with Crippen molar-refractivity contribution in [2.75, 3.05) is 13.2 Å². The molecule has 0 fully saturated rings. The number of rotatable bonds is 9. The maximum absolute atomic E-state index is 12.1. The molecule has 0 radical (unpaired) electrons. The third-order valence-electron chi connectivity index (χ3n) is 4.36. The van der Waals surface area contributed by atoms with E-state index in [2.05, 4.69) is 19.2 Å². The smallest absolute Gasteiger partial charge is 0.374 e. The van der Waals surface area contributed by atoms with E-state index in [1.807, 2.05) is 0 Å². The number of benzene rings is 1. The predicted octanol–water partition coefficient (Wildman–Crippen LogP) is 3.94. The van der Waals surface area contributed by atoms with Crippen molar-refractivity contribution in [3.8, 4) is 0 Å². The summed E-state index contributed by atoms with van der Waals surface area (Å²) in [6.07, 6.45) is 4.27. The number of esters is 1. The quantitative estimate of drug-likeness (QED) is 0.652. The summed E-state index contributed by atoms with van der Waals surface area (Å²) in [6.45, 7) is 4.34. The zero-order valence-corrected chi connectivity index (χ0v) is 16.3. The van der Waals surface area contributed by atoms with Crippen LogP contribution in [0.5, 0.6) is 0 Å². The Morgan fingerprint density at radius 3 is 2.74 bits per heavy atom. The van der Waals surface area contributed by atoms with Gasteiger partial charge in [-0.15, -0.1) is 0 Å². The van der Waals surface area contributed by atoms with Gasteiger partial charge in [0.05, 0.1) is 5.39 Å². The Hall–Kier alpha value is -2.34. The van der Waals surface area contributed by atoms with E-state index >= 15 is 0 Å². The molecule has 7 heteroatoms. The highest BCUT2D eigenvalue weighted by molar-refractivity contribution is 6.31. The van der Waals surface area contributed by atoms with Gasteiger partial charge in [0.25, 0.3) is 5.91 Å². The van der Waals surface area contributed by atoms with Gasteiger partial charge < -0.3 is 14.5 Å². The fraction of sp³-hybridized carbons (Fsp3) is 0.450. The first kappa shape index (κ1) is 21.0. The van der Waals surface area contributed by atoms with Gasteiger partial charge in [-0.3, -0.25) is 9.59 Å². The minimum atomic E-state index is -0.864. The van der Waals surface area contributed by atoms with Crippen molar-refractivity contribution in [2.24, 2.45) is 5.92 Å². The first-order chi connectivity index (χ1) is 12.9. The fourth-order valence-electron chi connectivity index (χ4n) is 2.68. The summed E-state index contributed by atoms with van der Waals surface area (Å²) in [5.41, 5.74) is -0.179. The van der Waals surface area contributed by atoms with Crippen molar-refractivity contribution in [2.45, 2.75) is 39.5 Å². The van der Waals surface area contributed by atoms with Crippen LogP contribution in [0.2, 0.25) is 5.02 Å². The number of halogens is 1. The first-order valence-corrected chi connectivity index (χ1v) is 9.49. The second kappa shape index (κ2) is 10.1. The summed E-state index contributed by atoms with van der Waals surface area (Å²) in [7, 11) is 0. The van der Waals surface area contributed by atoms with E-state index < -0.39 is 18.0 Å². The monoisotopic (exact) mass is 393 g/mol. The number of unbranched alkanes of at least 4 members (excludes halogenated alkanes) is 1. The van der Waals surface area contributed by atoms with Gasteiger partial charge >= 0.3 is 5.97 Å². The molecule has 0 aliphatic heterocycles. The lowest BCUT2D eigenvalue weighted by Crippen LogP contribution is -2.33. The van der Waals surface area contributed by atoms with E-state index in [4.69, 9.17) is 20.8 Å². The molecule has 2 rings (SSSR count). The zero-order chi connectivity index (χ0) is 19.8. The highest BCUT2D eigenvalue weighted by Gasteiger charge is 2.16. The van der Waals surface area contributed by atoms with Crippen LogP contribution in [0.3, 0.4) is 0 Å². The predicted molar refractivity (Wildman–Crippen MR) is 104 cm³/mol. The molecule has 1 N–H and O–H groups in total. The third kappa shape index (κ3) is 6.10. The van der Waals surface area contributed by atoms with E-state index in [-0.39, 0.29) is 22.6 Å². The number of carbonyl (C=O) groups is 2. The van der Waals surface area contributed by atoms with Crippen molar-refractivity contribution < 1.29 is 18.7 Å². The Morgan fingerprint density at radius 2 is 2.04 bits per heavy atom. The largest absolute Gasteiger partial charge is 0.450 e. The minimum absolute atomic E-state index is 0.227. The Morgan fingerprint density at radius 1 is 1.26 bits per heavy atom. The van der Waals surface area contributed by atoms with Gasteiger partial charge in [-0.2, -0.15) is 0 Å². The normalized spacial score (nSPS) is 12.0. The van der Waals surface area contributed by atoms with E-state index in [0.29, 0.717) is 17.5 Å². The van der Waals surface area contributed by atoms with Gasteiger partial charge in [0.2, 0.25) is 5.76 Å². The molecule has 0 saturated heterocycles. The van der Waals surface area contributed by atoms with Crippen molar-refractivity contribution in [3.05, 3.63) is 45.3 Å². The lowest BCUT2D eigenvalue weighted by atomic mass is 9.99. The highest BCUT2D eigenvalue weighted by atomic mass is 35.5. The van der Waals surface area contributed by atoms with Crippen molar-refractivity contribution >= 4 is 34.4 Å². The Kier molecular flexibility index (Phi) is 7.85. The molecular formula is C20H24ClNO5. The molecule has 0 aliphatic rings. The lowest BCUT2D eigenvalue weighted by molar-refractivity contribution is -0.124. The molecule has 1 aromatic heterocycles. The molecular weight excluding hydrogens is 370 g/mol. The highest BCUT2D eigenvalue weighted by Crippen LogP contribution is 2.18. The van der Waals surface area contributed by atoms with E-state index in [1.165, 1.54) is 12.1 Å². The average Bonchev–Trinajstić information content (AvgIpc) is 2.66. The fourth-order valence-corrected chi connectivity index (χ4v) is 2.86. The summed E-state index contributed by atoms with van der Waals surface area (Å²) in [5, 5.41) is 3.44. The number of fused-ring (bicyclic) bond motifs is 1. The zero-order valence-electron chi connectivity index (χ0n) is 15.5. The number of amides is 1. The van der Waals surface area contributed by atoms with Crippen LogP contribution in [0.4, 0.5) is 0 Å². The van der Waals surface area contributed by atoms with E-state index in [9.17, 15) is 14.4 Å². The van der Waals surface area contributed by atoms with Gasteiger partial charge in [-0.05, 0) is 30.5 Å².